The van der Waals surface area contributed by atoms with E-state index in [9.17, 15) is 9.59 Å². The van der Waals surface area contributed by atoms with E-state index in [1.54, 1.807) is 42.5 Å². The van der Waals surface area contributed by atoms with E-state index in [-0.39, 0.29) is 17.6 Å². The van der Waals surface area contributed by atoms with E-state index in [0.29, 0.717) is 33.9 Å². The maximum atomic E-state index is 12.4. The molecule has 0 saturated heterocycles. The van der Waals surface area contributed by atoms with Crippen molar-refractivity contribution in [2.24, 2.45) is 0 Å². The topological polar surface area (TPSA) is 88.9 Å². The molecule has 0 aliphatic carbocycles. The van der Waals surface area contributed by atoms with Gasteiger partial charge in [0.05, 0.1) is 5.75 Å². The maximum absolute atomic E-state index is 12.4. The first kappa shape index (κ1) is 21.6. The molecule has 2 aromatic carbocycles. The third-order valence-electron chi connectivity index (χ3n) is 3.93. The van der Waals surface area contributed by atoms with Gasteiger partial charge in [-0.2, -0.15) is 0 Å². The Hall–Kier alpha value is -3.10. The normalized spacial score (nSPS) is 10.5. The van der Waals surface area contributed by atoms with Crippen LogP contribution in [0.4, 0.5) is 11.4 Å². The van der Waals surface area contributed by atoms with Gasteiger partial charge in [-0.3, -0.25) is 14.2 Å². The summed E-state index contributed by atoms with van der Waals surface area (Å²) in [6.45, 7) is 5.73. The molecule has 2 N–H and O–H groups in total. The van der Waals surface area contributed by atoms with Crippen molar-refractivity contribution in [2.45, 2.75) is 18.6 Å². The monoisotopic (exact) mass is 441 g/mol. The fourth-order valence-corrected chi connectivity index (χ4v) is 3.58. The predicted octanol–water partition coefficient (Wildman–Crippen LogP) is 4.47. The van der Waals surface area contributed by atoms with Crippen LogP contribution in [0.5, 0.6) is 0 Å². The Morgan fingerprint density at radius 1 is 1.13 bits per heavy atom. The highest BCUT2D eigenvalue weighted by Crippen LogP contribution is 2.25. The molecule has 0 aliphatic rings. The van der Waals surface area contributed by atoms with Gasteiger partial charge < -0.3 is 10.6 Å². The molecule has 154 valence electrons. The molecule has 3 aromatic rings. The largest absolute Gasteiger partial charge is 0.326 e. The molecule has 30 heavy (non-hydrogen) atoms. The first-order valence-electron chi connectivity index (χ1n) is 9.06. The molecule has 0 spiro atoms. The van der Waals surface area contributed by atoms with Gasteiger partial charge >= 0.3 is 0 Å². The number of hydrogen-bond donors (Lipinski definition) is 2. The number of allylic oxidation sites excluding steroid dienone is 1. The van der Waals surface area contributed by atoms with E-state index >= 15 is 0 Å². The summed E-state index contributed by atoms with van der Waals surface area (Å²) in [5, 5.41) is 15.2. The molecule has 9 heteroatoms. The first-order valence-corrected chi connectivity index (χ1v) is 10.4. The standard InChI is InChI=1S/C21H20ClN5O2S/c1-3-11-27-20(15-7-9-16(22)10-8-15)25-26-21(27)30-13-19(29)24-18-6-4-5-17(12-18)23-14(2)28/h3-10,12H,1,11,13H2,2H3,(H,23,28)(H,24,29). The van der Waals surface area contributed by atoms with E-state index in [0.717, 1.165) is 5.56 Å². The van der Waals surface area contributed by atoms with Crippen LogP contribution in [-0.4, -0.2) is 32.3 Å². The average molecular weight is 442 g/mol. The summed E-state index contributed by atoms with van der Waals surface area (Å²) in [5.74, 6) is 0.464. The van der Waals surface area contributed by atoms with Gasteiger partial charge in [0, 0.05) is 35.4 Å². The van der Waals surface area contributed by atoms with Crippen LogP contribution < -0.4 is 10.6 Å². The van der Waals surface area contributed by atoms with E-state index in [2.05, 4.69) is 27.4 Å². The lowest BCUT2D eigenvalue weighted by molar-refractivity contribution is -0.114. The Morgan fingerprint density at radius 3 is 2.50 bits per heavy atom. The minimum absolute atomic E-state index is 0.153. The van der Waals surface area contributed by atoms with Crippen LogP contribution in [0.1, 0.15) is 6.92 Å². The molecule has 0 atom stereocenters. The summed E-state index contributed by atoms with van der Waals surface area (Å²) >= 11 is 7.24. The molecule has 0 unspecified atom stereocenters. The number of hydrogen-bond acceptors (Lipinski definition) is 5. The number of carbonyl (C=O) groups is 2. The predicted molar refractivity (Wildman–Crippen MR) is 121 cm³/mol. The molecule has 3 rings (SSSR count). The summed E-state index contributed by atoms with van der Waals surface area (Å²) in [7, 11) is 0. The van der Waals surface area contributed by atoms with Gasteiger partial charge in [-0.1, -0.05) is 35.5 Å². The van der Waals surface area contributed by atoms with Gasteiger partial charge in [0.15, 0.2) is 11.0 Å². The van der Waals surface area contributed by atoms with E-state index in [1.807, 2.05) is 16.7 Å². The zero-order chi connectivity index (χ0) is 21.5. The van der Waals surface area contributed by atoms with Crippen LogP contribution >= 0.6 is 23.4 Å². The van der Waals surface area contributed by atoms with E-state index < -0.39 is 0 Å². The molecule has 7 nitrogen and oxygen atoms in total. The number of carbonyl (C=O) groups excluding carboxylic acids is 2. The Morgan fingerprint density at radius 2 is 1.83 bits per heavy atom. The van der Waals surface area contributed by atoms with Crippen molar-refractivity contribution in [1.29, 1.82) is 0 Å². The second-order valence-corrected chi connectivity index (χ2v) is 7.69. The van der Waals surface area contributed by atoms with Crippen LogP contribution in [-0.2, 0) is 16.1 Å². The van der Waals surface area contributed by atoms with Crippen LogP contribution in [0.15, 0.2) is 66.3 Å². The smallest absolute Gasteiger partial charge is 0.234 e. The van der Waals surface area contributed by atoms with Gasteiger partial charge in [0.25, 0.3) is 0 Å². The van der Waals surface area contributed by atoms with Crippen LogP contribution in [0.3, 0.4) is 0 Å². The van der Waals surface area contributed by atoms with Crippen LogP contribution in [0, 0.1) is 0 Å². The minimum atomic E-state index is -0.193. The molecule has 0 bridgehead atoms. The van der Waals surface area contributed by atoms with Gasteiger partial charge in [-0.25, -0.2) is 0 Å². The van der Waals surface area contributed by atoms with Gasteiger partial charge in [-0.15, -0.1) is 16.8 Å². The fraction of sp³-hybridized carbons (Fsp3) is 0.143. The SMILES string of the molecule is C=CCn1c(SCC(=O)Nc2cccc(NC(C)=O)c2)nnc1-c1ccc(Cl)cc1. The fourth-order valence-electron chi connectivity index (χ4n) is 2.71. The summed E-state index contributed by atoms with van der Waals surface area (Å²) in [4.78, 5) is 23.6. The molecular weight excluding hydrogens is 422 g/mol. The third kappa shape index (κ3) is 5.71. The zero-order valence-corrected chi connectivity index (χ0v) is 17.8. The molecule has 1 heterocycles. The van der Waals surface area contributed by atoms with Crippen molar-refractivity contribution in [3.05, 3.63) is 66.2 Å². The Kier molecular flexibility index (Phi) is 7.26. The third-order valence-corrected chi connectivity index (χ3v) is 5.15. The Balaban J connectivity index is 1.68. The molecule has 0 aliphatic heterocycles. The lowest BCUT2D eigenvalue weighted by atomic mass is 10.2. The molecule has 0 fully saturated rings. The average Bonchev–Trinajstić information content (AvgIpc) is 3.10. The number of benzene rings is 2. The first-order chi connectivity index (χ1) is 14.5. The molecule has 2 amide bonds. The quantitative estimate of drug-likeness (QED) is 0.397. The van der Waals surface area contributed by atoms with Crippen molar-refractivity contribution in [3.63, 3.8) is 0 Å². The summed E-state index contributed by atoms with van der Waals surface area (Å²) in [6.07, 6.45) is 1.75. The maximum Gasteiger partial charge on any atom is 0.234 e. The lowest BCUT2D eigenvalue weighted by Crippen LogP contribution is -2.15. The Bertz CT molecular complexity index is 1070. The van der Waals surface area contributed by atoms with E-state index in [1.165, 1.54) is 18.7 Å². The van der Waals surface area contributed by atoms with Crippen LogP contribution in [0.25, 0.3) is 11.4 Å². The molecular formula is C21H20ClN5O2S. The van der Waals surface area contributed by atoms with Crippen molar-refractivity contribution < 1.29 is 9.59 Å². The van der Waals surface area contributed by atoms with Crippen molar-refractivity contribution in [2.75, 3.05) is 16.4 Å². The molecule has 0 radical (unpaired) electrons. The van der Waals surface area contributed by atoms with Gasteiger partial charge in [-0.05, 0) is 42.5 Å². The number of nitrogens with zero attached hydrogens (tertiary/aromatic N) is 3. The Labute approximate surface area is 183 Å². The molecule has 0 saturated carbocycles. The second kappa shape index (κ2) is 10.1. The number of rotatable bonds is 8. The minimum Gasteiger partial charge on any atom is -0.326 e. The van der Waals surface area contributed by atoms with Gasteiger partial charge in [0.2, 0.25) is 11.8 Å². The van der Waals surface area contributed by atoms with E-state index in [4.69, 9.17) is 11.6 Å². The number of aromatic nitrogens is 3. The zero-order valence-electron chi connectivity index (χ0n) is 16.3. The highest BCUT2D eigenvalue weighted by molar-refractivity contribution is 7.99. The summed E-state index contributed by atoms with van der Waals surface area (Å²) < 4.78 is 1.89. The summed E-state index contributed by atoms with van der Waals surface area (Å²) in [6, 6.07) is 14.3. The number of thioether (sulfide) groups is 1. The highest BCUT2D eigenvalue weighted by atomic mass is 35.5. The van der Waals surface area contributed by atoms with Crippen molar-refractivity contribution in [3.8, 4) is 11.4 Å². The van der Waals surface area contributed by atoms with Gasteiger partial charge in [0.1, 0.15) is 0 Å². The number of anilines is 2. The number of halogens is 1. The lowest BCUT2D eigenvalue weighted by Gasteiger charge is -2.09. The van der Waals surface area contributed by atoms with Crippen LogP contribution in [0.2, 0.25) is 5.02 Å². The summed E-state index contributed by atoms with van der Waals surface area (Å²) in [5.41, 5.74) is 2.09. The highest BCUT2D eigenvalue weighted by Gasteiger charge is 2.15. The van der Waals surface area contributed by atoms with Crippen molar-refractivity contribution in [1.82, 2.24) is 14.8 Å². The van der Waals surface area contributed by atoms with Crippen molar-refractivity contribution >= 4 is 46.6 Å². The second-order valence-electron chi connectivity index (χ2n) is 6.31. The number of nitrogens with one attached hydrogen (secondary N) is 2. The molecule has 1 aromatic heterocycles. The number of amides is 2.